The molecule has 0 aromatic heterocycles. The van der Waals surface area contributed by atoms with Gasteiger partial charge in [-0.1, -0.05) is 36.3 Å². The summed E-state index contributed by atoms with van der Waals surface area (Å²) in [5.74, 6) is -1.50. The van der Waals surface area contributed by atoms with Gasteiger partial charge in [-0.2, -0.15) is 0 Å². The molecule has 8 nitrogen and oxygen atoms in total. The molecule has 0 aromatic rings. The molecule has 2 spiro atoms. The van der Waals surface area contributed by atoms with E-state index in [0.717, 1.165) is 18.4 Å². The molecule has 8 heteroatoms. The number of cyclic esters (lactones) is 2. The van der Waals surface area contributed by atoms with Crippen LogP contribution in [0.1, 0.15) is 46.5 Å². The monoisotopic (exact) mass is 484 g/mol. The van der Waals surface area contributed by atoms with Gasteiger partial charge in [0.05, 0.1) is 30.8 Å². The molecule has 3 aliphatic heterocycles. The van der Waals surface area contributed by atoms with Crippen LogP contribution in [0.25, 0.3) is 0 Å². The van der Waals surface area contributed by atoms with Crippen LogP contribution in [-0.2, 0) is 38.1 Å². The van der Waals surface area contributed by atoms with Crippen molar-refractivity contribution < 1.29 is 38.1 Å². The molecule has 2 saturated heterocycles. The van der Waals surface area contributed by atoms with Crippen LogP contribution < -0.4 is 0 Å². The van der Waals surface area contributed by atoms with Gasteiger partial charge >= 0.3 is 17.9 Å². The van der Waals surface area contributed by atoms with Crippen LogP contribution in [-0.4, -0.2) is 61.6 Å². The second-order valence-electron chi connectivity index (χ2n) is 10.5. The third kappa shape index (κ3) is 3.87. The summed E-state index contributed by atoms with van der Waals surface area (Å²) in [6.45, 7) is 6.77. The van der Waals surface area contributed by atoms with Crippen LogP contribution in [0.4, 0.5) is 0 Å². The van der Waals surface area contributed by atoms with E-state index in [0.29, 0.717) is 19.4 Å². The fraction of sp³-hybridized carbons (Fsp3) is 0.593. The Morgan fingerprint density at radius 3 is 2.37 bits per heavy atom. The molecule has 0 N–H and O–H groups in total. The first kappa shape index (κ1) is 24.0. The average Bonchev–Trinajstić information content (AvgIpc) is 3.58. The maximum Gasteiger partial charge on any atom is 0.331 e. The first-order valence-corrected chi connectivity index (χ1v) is 12.2. The molecule has 3 fully saturated rings. The van der Waals surface area contributed by atoms with Gasteiger partial charge in [-0.25, -0.2) is 14.4 Å². The minimum atomic E-state index is -0.613. The number of rotatable bonds is 0. The first-order valence-electron chi connectivity index (χ1n) is 12.2. The molecular formula is C27H32O8. The van der Waals surface area contributed by atoms with Gasteiger partial charge in [0.25, 0.3) is 0 Å². The molecular weight excluding hydrogens is 452 g/mol. The van der Waals surface area contributed by atoms with E-state index in [4.69, 9.17) is 23.7 Å². The zero-order chi connectivity index (χ0) is 24.8. The molecule has 2 aliphatic carbocycles. The number of carbonyl (C=O) groups excluding carboxylic acids is 3. The van der Waals surface area contributed by atoms with Crippen molar-refractivity contribution in [3.05, 3.63) is 47.6 Å². The Kier molecular flexibility index (Phi) is 6.00. The Morgan fingerprint density at radius 2 is 1.63 bits per heavy atom. The van der Waals surface area contributed by atoms with Crippen LogP contribution in [0.15, 0.2) is 47.6 Å². The Bertz CT molecular complexity index is 1050. The second-order valence-corrected chi connectivity index (χ2v) is 10.5. The van der Waals surface area contributed by atoms with Crippen LogP contribution in [0.5, 0.6) is 0 Å². The second kappa shape index (κ2) is 8.75. The van der Waals surface area contributed by atoms with Crippen LogP contribution in [0.3, 0.4) is 0 Å². The van der Waals surface area contributed by atoms with Gasteiger partial charge in [-0.15, -0.1) is 0 Å². The molecule has 0 amide bonds. The lowest BCUT2D eigenvalue weighted by Crippen LogP contribution is -2.66. The summed E-state index contributed by atoms with van der Waals surface area (Å²) < 4.78 is 29.7. The molecule has 0 aromatic carbocycles. The van der Waals surface area contributed by atoms with Crippen molar-refractivity contribution in [3.63, 3.8) is 0 Å². The van der Waals surface area contributed by atoms with E-state index >= 15 is 0 Å². The smallest absolute Gasteiger partial charge is 0.331 e. The number of ether oxygens (including phenoxy) is 5. The summed E-state index contributed by atoms with van der Waals surface area (Å²) in [6, 6.07) is 0. The van der Waals surface area contributed by atoms with Crippen molar-refractivity contribution >= 4 is 17.9 Å². The molecule has 6 atom stereocenters. The van der Waals surface area contributed by atoms with Crippen molar-refractivity contribution in [3.8, 4) is 0 Å². The first-order chi connectivity index (χ1) is 16.7. The maximum absolute atomic E-state index is 12.8. The van der Waals surface area contributed by atoms with E-state index in [1.807, 2.05) is 0 Å². The number of hydrogen-bond donors (Lipinski definition) is 0. The van der Waals surface area contributed by atoms with Crippen LogP contribution >= 0.6 is 0 Å². The Labute approximate surface area is 204 Å². The predicted octanol–water partition coefficient (Wildman–Crippen LogP) is 3.12. The SMILES string of the molecule is CC1=C[C@H]2O[C@@H]3C[C@H]4OC(=O)/C=C\C=C\C(=O)OCC/C(C)=C\C(=O)OC[C@@]2(CC1)[C@]4(C)[C@]31CO1. The fourth-order valence-corrected chi connectivity index (χ4v) is 6.46. The standard InChI is InChI=1S/C27H32O8/c1-17-8-10-26-15-32-24(30)13-18(2)9-11-31-22(28)6-4-5-7-23(29)35-19-14-21(34-20(26)12-17)27(16-33-27)25(19,26)3/h4-7,12-13,19-21H,8-11,14-16H2,1-3H3/b6-4+,7-5-,18-13-/t19-,20-,21-,25-,26-,27+/m1/s1. The van der Waals surface area contributed by atoms with Gasteiger partial charge in [-0.3, -0.25) is 0 Å². The number of epoxide rings is 1. The zero-order valence-electron chi connectivity index (χ0n) is 20.4. The quantitative estimate of drug-likeness (QED) is 0.224. The molecule has 35 heavy (non-hydrogen) atoms. The van der Waals surface area contributed by atoms with Gasteiger partial charge in [0.2, 0.25) is 0 Å². The number of esters is 3. The predicted molar refractivity (Wildman–Crippen MR) is 124 cm³/mol. The van der Waals surface area contributed by atoms with E-state index in [1.54, 1.807) is 6.92 Å². The average molecular weight is 485 g/mol. The third-order valence-electron chi connectivity index (χ3n) is 8.63. The van der Waals surface area contributed by atoms with E-state index < -0.39 is 40.4 Å². The number of allylic oxidation sites excluding steroid dienone is 3. The van der Waals surface area contributed by atoms with Gasteiger partial charge < -0.3 is 23.7 Å². The molecule has 5 rings (SSSR count). The molecule has 0 unspecified atom stereocenters. The Balaban J connectivity index is 1.53. The van der Waals surface area contributed by atoms with Gasteiger partial charge in [0, 0.05) is 36.5 Å². The molecule has 2 bridgehead atoms. The summed E-state index contributed by atoms with van der Waals surface area (Å²) in [4.78, 5) is 37.4. The van der Waals surface area contributed by atoms with Crippen molar-refractivity contribution in [2.24, 2.45) is 10.8 Å². The van der Waals surface area contributed by atoms with E-state index in [-0.39, 0.29) is 25.4 Å². The lowest BCUT2D eigenvalue weighted by molar-refractivity contribution is -0.232. The van der Waals surface area contributed by atoms with Gasteiger partial charge in [-0.05, 0) is 26.7 Å². The van der Waals surface area contributed by atoms with E-state index in [9.17, 15) is 14.4 Å². The zero-order valence-corrected chi connectivity index (χ0v) is 20.4. The molecule has 1 saturated carbocycles. The lowest BCUT2D eigenvalue weighted by Gasteiger charge is -2.58. The van der Waals surface area contributed by atoms with Crippen LogP contribution in [0, 0.1) is 10.8 Å². The van der Waals surface area contributed by atoms with Crippen molar-refractivity contribution in [2.75, 3.05) is 19.8 Å². The Morgan fingerprint density at radius 1 is 0.886 bits per heavy atom. The summed E-state index contributed by atoms with van der Waals surface area (Å²) >= 11 is 0. The summed E-state index contributed by atoms with van der Waals surface area (Å²) in [6.07, 6.45) is 10.5. The fourth-order valence-electron chi connectivity index (χ4n) is 6.46. The minimum Gasteiger partial charge on any atom is -0.462 e. The van der Waals surface area contributed by atoms with Gasteiger partial charge in [0.1, 0.15) is 18.3 Å². The highest BCUT2D eigenvalue weighted by Crippen LogP contribution is 2.72. The normalized spacial score (nSPS) is 44.9. The van der Waals surface area contributed by atoms with Crippen molar-refractivity contribution in [1.82, 2.24) is 0 Å². The third-order valence-corrected chi connectivity index (χ3v) is 8.63. The number of carbonyl (C=O) groups is 3. The van der Waals surface area contributed by atoms with Gasteiger partial charge in [0.15, 0.2) is 0 Å². The minimum absolute atomic E-state index is 0.125. The summed E-state index contributed by atoms with van der Waals surface area (Å²) in [5, 5.41) is 0. The number of hydrogen-bond acceptors (Lipinski definition) is 8. The van der Waals surface area contributed by atoms with Crippen LogP contribution in [0.2, 0.25) is 0 Å². The summed E-state index contributed by atoms with van der Waals surface area (Å²) in [5.41, 5.74) is 0.194. The molecule has 3 heterocycles. The van der Waals surface area contributed by atoms with E-state index in [2.05, 4.69) is 19.9 Å². The van der Waals surface area contributed by atoms with Crippen molar-refractivity contribution in [2.45, 2.75) is 70.4 Å². The summed E-state index contributed by atoms with van der Waals surface area (Å²) in [7, 11) is 0. The highest BCUT2D eigenvalue weighted by Gasteiger charge is 2.83. The molecule has 5 aliphatic rings. The lowest BCUT2D eigenvalue weighted by atomic mass is 9.51. The highest BCUT2D eigenvalue weighted by molar-refractivity contribution is 5.85. The highest BCUT2D eigenvalue weighted by atomic mass is 16.6. The largest absolute Gasteiger partial charge is 0.462 e. The van der Waals surface area contributed by atoms with E-state index in [1.165, 1.54) is 36.0 Å². The maximum atomic E-state index is 12.8. The van der Waals surface area contributed by atoms with Crippen molar-refractivity contribution in [1.29, 1.82) is 0 Å². The molecule has 0 radical (unpaired) electrons. The topological polar surface area (TPSA) is 101 Å². The molecule has 188 valence electrons. The Hall–Kier alpha value is -2.71.